The van der Waals surface area contributed by atoms with Gasteiger partial charge in [0.1, 0.15) is 11.5 Å². The Balaban J connectivity index is 1.71. The fourth-order valence-corrected chi connectivity index (χ4v) is 3.76. The second kappa shape index (κ2) is 10.8. The molecular formula is C26H31N3O4. The molecule has 1 amide bonds. The number of rotatable bonds is 9. The predicted octanol–water partition coefficient (Wildman–Crippen LogP) is 4.59. The van der Waals surface area contributed by atoms with Crippen molar-refractivity contribution < 1.29 is 18.7 Å². The summed E-state index contributed by atoms with van der Waals surface area (Å²) in [4.78, 5) is 21.6. The second-order valence-electron chi connectivity index (χ2n) is 7.77. The molecule has 0 saturated carbocycles. The third kappa shape index (κ3) is 5.61. The van der Waals surface area contributed by atoms with Crippen molar-refractivity contribution in [3.05, 3.63) is 76.4 Å². The number of nitrogens with zero attached hydrogens (tertiary/aromatic N) is 2. The van der Waals surface area contributed by atoms with Crippen LogP contribution < -0.4 is 14.8 Å². The molecule has 2 heterocycles. The molecule has 2 aromatic heterocycles. The van der Waals surface area contributed by atoms with Crippen LogP contribution in [0.3, 0.4) is 0 Å². The normalized spacial score (nSPS) is 12.4. The summed E-state index contributed by atoms with van der Waals surface area (Å²) >= 11 is 0. The van der Waals surface area contributed by atoms with Gasteiger partial charge in [0, 0.05) is 24.2 Å². The Morgan fingerprint density at radius 3 is 2.52 bits per heavy atom. The highest BCUT2D eigenvalue weighted by molar-refractivity contribution is 6.14. The highest BCUT2D eigenvalue weighted by atomic mass is 16.5. The summed E-state index contributed by atoms with van der Waals surface area (Å²) in [6.45, 7) is 7.75. The minimum atomic E-state index is -0.218. The van der Waals surface area contributed by atoms with E-state index in [9.17, 15) is 4.79 Å². The van der Waals surface area contributed by atoms with E-state index in [-0.39, 0.29) is 18.6 Å². The largest absolute Gasteiger partial charge is 0.497 e. The Hall–Kier alpha value is -3.61. The summed E-state index contributed by atoms with van der Waals surface area (Å²) in [6.07, 6.45) is 2.36. The summed E-state index contributed by atoms with van der Waals surface area (Å²) < 4.78 is 16.4. The predicted molar refractivity (Wildman–Crippen MR) is 128 cm³/mol. The maximum Gasteiger partial charge on any atom is 0.258 e. The lowest BCUT2D eigenvalue weighted by molar-refractivity contribution is -0.123. The van der Waals surface area contributed by atoms with E-state index in [4.69, 9.17) is 13.9 Å². The molecule has 0 bridgehead atoms. The third-order valence-electron chi connectivity index (χ3n) is 5.52. The van der Waals surface area contributed by atoms with Crippen molar-refractivity contribution >= 4 is 11.6 Å². The van der Waals surface area contributed by atoms with Gasteiger partial charge in [-0.15, -0.1) is 0 Å². The number of hydrogen-bond donors (Lipinski definition) is 1. The highest BCUT2D eigenvalue weighted by Gasteiger charge is 2.19. The molecule has 3 aromatic rings. The van der Waals surface area contributed by atoms with Crippen LogP contribution in [0.2, 0.25) is 0 Å². The molecular weight excluding hydrogens is 418 g/mol. The van der Waals surface area contributed by atoms with Crippen LogP contribution in [0.25, 0.3) is 0 Å². The first-order valence-corrected chi connectivity index (χ1v) is 11.0. The number of furan rings is 1. The number of amides is 1. The van der Waals surface area contributed by atoms with Gasteiger partial charge >= 0.3 is 0 Å². The molecule has 7 heteroatoms. The summed E-state index contributed by atoms with van der Waals surface area (Å²) in [7, 11) is 3.39. The average Bonchev–Trinajstić information content (AvgIpc) is 3.24. The van der Waals surface area contributed by atoms with E-state index in [2.05, 4.69) is 15.3 Å². The first kappa shape index (κ1) is 24.0. The summed E-state index contributed by atoms with van der Waals surface area (Å²) in [5.74, 6) is 1.78. The molecule has 1 N–H and O–H groups in total. The molecule has 1 aromatic carbocycles. The van der Waals surface area contributed by atoms with Gasteiger partial charge in [0.15, 0.2) is 6.61 Å². The first-order valence-electron chi connectivity index (χ1n) is 11.0. The number of aryl methyl sites for hydroxylation is 3. The van der Waals surface area contributed by atoms with Gasteiger partial charge in [0.2, 0.25) is 5.88 Å². The van der Waals surface area contributed by atoms with Gasteiger partial charge in [-0.05, 0) is 56.5 Å². The van der Waals surface area contributed by atoms with E-state index >= 15 is 0 Å². The fourth-order valence-electron chi connectivity index (χ4n) is 3.76. The number of nitrogens with one attached hydrogen (secondary N) is 1. The number of carbonyl (C=O) groups is 1. The maximum atomic E-state index is 12.5. The minimum Gasteiger partial charge on any atom is -0.497 e. The molecule has 33 heavy (non-hydrogen) atoms. The van der Waals surface area contributed by atoms with E-state index < -0.39 is 0 Å². The molecule has 1 unspecified atom stereocenters. The number of hydrogen-bond acceptors (Lipinski definition) is 6. The van der Waals surface area contributed by atoms with E-state index in [0.29, 0.717) is 12.3 Å². The molecule has 0 saturated heterocycles. The zero-order chi connectivity index (χ0) is 24.0. The standard InChI is InChI=1S/C26H31N3O4/c1-7-22-25(26(27-5)21-12-13-32-18(21)4)16(2)14-24(29-22)33-15-23(30)28-17(3)19-8-10-20(31-6)11-9-19/h8-14,17H,7,15H2,1-6H3,(H,28,30). The molecule has 174 valence electrons. The van der Waals surface area contributed by atoms with Gasteiger partial charge in [-0.25, -0.2) is 4.98 Å². The van der Waals surface area contributed by atoms with E-state index in [1.54, 1.807) is 20.4 Å². The van der Waals surface area contributed by atoms with Crippen molar-refractivity contribution in [2.24, 2.45) is 4.99 Å². The molecule has 1 atom stereocenters. The van der Waals surface area contributed by atoms with Crippen LogP contribution in [-0.2, 0) is 11.2 Å². The van der Waals surface area contributed by atoms with Crippen LogP contribution in [0.5, 0.6) is 11.6 Å². The molecule has 0 aliphatic rings. The molecule has 0 aliphatic carbocycles. The van der Waals surface area contributed by atoms with Crippen molar-refractivity contribution in [2.75, 3.05) is 20.8 Å². The van der Waals surface area contributed by atoms with Gasteiger partial charge in [-0.3, -0.25) is 9.79 Å². The van der Waals surface area contributed by atoms with Gasteiger partial charge in [-0.2, -0.15) is 0 Å². The number of benzene rings is 1. The van der Waals surface area contributed by atoms with E-state index in [1.165, 1.54) is 0 Å². The van der Waals surface area contributed by atoms with Crippen LogP contribution in [0.1, 0.15) is 53.6 Å². The smallest absolute Gasteiger partial charge is 0.258 e. The number of carbonyl (C=O) groups excluding carboxylic acids is 1. The number of methoxy groups -OCH3 is 1. The van der Waals surface area contributed by atoms with E-state index in [0.717, 1.165) is 45.2 Å². The summed E-state index contributed by atoms with van der Waals surface area (Å²) in [5.41, 5.74) is 5.56. The Labute approximate surface area is 194 Å². The van der Waals surface area contributed by atoms with Crippen LogP contribution in [0.15, 0.2) is 52.1 Å². The van der Waals surface area contributed by atoms with Crippen molar-refractivity contribution in [3.8, 4) is 11.6 Å². The quantitative estimate of drug-likeness (QED) is 0.483. The lowest BCUT2D eigenvalue weighted by Crippen LogP contribution is -2.31. The Morgan fingerprint density at radius 2 is 1.94 bits per heavy atom. The zero-order valence-electron chi connectivity index (χ0n) is 20.1. The van der Waals surface area contributed by atoms with Crippen LogP contribution >= 0.6 is 0 Å². The Bertz CT molecular complexity index is 1130. The van der Waals surface area contributed by atoms with Crippen LogP contribution in [-0.4, -0.2) is 37.4 Å². The van der Waals surface area contributed by atoms with Crippen LogP contribution in [0.4, 0.5) is 0 Å². The molecule has 0 aliphatic heterocycles. The lowest BCUT2D eigenvalue weighted by Gasteiger charge is -2.17. The van der Waals surface area contributed by atoms with Crippen molar-refractivity contribution in [2.45, 2.75) is 40.2 Å². The lowest BCUT2D eigenvalue weighted by atomic mass is 9.96. The zero-order valence-corrected chi connectivity index (χ0v) is 20.1. The topological polar surface area (TPSA) is 86.0 Å². The summed E-state index contributed by atoms with van der Waals surface area (Å²) in [6, 6.07) is 11.2. The van der Waals surface area contributed by atoms with Crippen molar-refractivity contribution in [3.63, 3.8) is 0 Å². The first-order chi connectivity index (χ1) is 15.9. The number of pyridine rings is 1. The molecule has 0 fully saturated rings. The maximum absolute atomic E-state index is 12.5. The number of aromatic nitrogens is 1. The molecule has 3 rings (SSSR count). The Morgan fingerprint density at radius 1 is 1.21 bits per heavy atom. The SMILES string of the molecule is CCc1nc(OCC(=O)NC(C)c2ccc(OC)cc2)cc(C)c1C(=NC)c1ccoc1C. The highest BCUT2D eigenvalue weighted by Crippen LogP contribution is 2.25. The van der Waals surface area contributed by atoms with Crippen molar-refractivity contribution in [1.82, 2.24) is 10.3 Å². The second-order valence-corrected chi connectivity index (χ2v) is 7.77. The number of ether oxygens (including phenoxy) is 2. The third-order valence-corrected chi connectivity index (χ3v) is 5.52. The number of aliphatic imine (C=N–C) groups is 1. The molecule has 0 spiro atoms. The van der Waals surface area contributed by atoms with Gasteiger partial charge < -0.3 is 19.2 Å². The Kier molecular flexibility index (Phi) is 7.87. The fraction of sp³-hybridized carbons (Fsp3) is 0.346. The summed E-state index contributed by atoms with van der Waals surface area (Å²) in [5, 5.41) is 2.95. The molecule has 7 nitrogen and oxygen atoms in total. The molecule has 0 radical (unpaired) electrons. The van der Waals surface area contributed by atoms with Crippen molar-refractivity contribution in [1.29, 1.82) is 0 Å². The van der Waals surface area contributed by atoms with Gasteiger partial charge in [0.25, 0.3) is 5.91 Å². The van der Waals surface area contributed by atoms with Crippen LogP contribution in [0, 0.1) is 13.8 Å². The average molecular weight is 450 g/mol. The van der Waals surface area contributed by atoms with Gasteiger partial charge in [-0.1, -0.05) is 19.1 Å². The minimum absolute atomic E-state index is 0.120. The monoisotopic (exact) mass is 449 g/mol. The van der Waals surface area contributed by atoms with Gasteiger partial charge in [0.05, 0.1) is 30.8 Å². The van der Waals surface area contributed by atoms with E-state index in [1.807, 2.05) is 64.1 Å².